The lowest BCUT2D eigenvalue weighted by molar-refractivity contribution is -0.384. The average molecular weight is 297 g/mol. The highest BCUT2D eigenvalue weighted by molar-refractivity contribution is 5.55. The first-order valence-corrected chi connectivity index (χ1v) is 7.43. The van der Waals surface area contributed by atoms with Gasteiger partial charge in [-0.1, -0.05) is 30.3 Å². The van der Waals surface area contributed by atoms with Crippen LogP contribution >= 0.6 is 0 Å². The molecule has 0 aromatic heterocycles. The second kappa shape index (κ2) is 6.15. The van der Waals surface area contributed by atoms with Crippen molar-refractivity contribution in [3.63, 3.8) is 0 Å². The van der Waals surface area contributed by atoms with Gasteiger partial charge in [-0.05, 0) is 24.1 Å². The minimum atomic E-state index is -0.343. The third kappa shape index (κ3) is 3.09. The lowest BCUT2D eigenvalue weighted by Gasteiger charge is -2.26. The summed E-state index contributed by atoms with van der Waals surface area (Å²) in [7, 11) is 0. The Hall–Kier alpha value is -2.40. The van der Waals surface area contributed by atoms with E-state index in [0.29, 0.717) is 12.6 Å². The summed E-state index contributed by atoms with van der Waals surface area (Å²) in [6, 6.07) is 15.6. The van der Waals surface area contributed by atoms with Crippen molar-refractivity contribution in [2.24, 2.45) is 0 Å². The highest BCUT2D eigenvalue weighted by Crippen LogP contribution is 2.26. The Labute approximate surface area is 129 Å². The molecule has 5 nitrogen and oxygen atoms in total. The van der Waals surface area contributed by atoms with Crippen molar-refractivity contribution in [2.45, 2.75) is 26.1 Å². The second-order valence-electron chi connectivity index (χ2n) is 5.72. The molecule has 114 valence electrons. The van der Waals surface area contributed by atoms with Crippen molar-refractivity contribution in [1.82, 2.24) is 5.32 Å². The maximum Gasteiger partial charge on any atom is 0.269 e. The minimum Gasteiger partial charge on any atom is -0.365 e. The number of rotatable bonds is 3. The molecule has 5 heteroatoms. The highest BCUT2D eigenvalue weighted by atomic mass is 16.6. The molecule has 1 aliphatic rings. The fourth-order valence-corrected chi connectivity index (χ4v) is 2.88. The summed E-state index contributed by atoms with van der Waals surface area (Å²) in [5.41, 5.74) is 3.56. The van der Waals surface area contributed by atoms with Gasteiger partial charge in [0.15, 0.2) is 0 Å². The van der Waals surface area contributed by atoms with Crippen molar-refractivity contribution in [2.75, 3.05) is 11.4 Å². The van der Waals surface area contributed by atoms with Gasteiger partial charge in [-0.15, -0.1) is 0 Å². The normalized spacial score (nSPS) is 17.7. The zero-order valence-electron chi connectivity index (χ0n) is 12.5. The van der Waals surface area contributed by atoms with E-state index in [0.717, 1.165) is 18.7 Å². The Morgan fingerprint density at radius 3 is 2.91 bits per heavy atom. The zero-order valence-corrected chi connectivity index (χ0v) is 12.5. The number of para-hydroxylation sites is 1. The molecule has 2 aromatic carbocycles. The molecule has 1 aliphatic heterocycles. The fraction of sp³-hybridized carbons (Fsp3) is 0.294. The van der Waals surface area contributed by atoms with Gasteiger partial charge in [0.25, 0.3) is 5.69 Å². The number of hydrogen-bond donors (Lipinski definition) is 1. The van der Waals surface area contributed by atoms with Crippen molar-refractivity contribution >= 4 is 11.4 Å². The summed E-state index contributed by atoms with van der Waals surface area (Å²) in [4.78, 5) is 12.9. The summed E-state index contributed by atoms with van der Waals surface area (Å²) in [5.74, 6) is 0. The standard InChI is InChI=1S/C17H19N3O2/c1-13-11-19(17-8-3-2-6-15(17)10-18-13)12-14-5-4-7-16(9-14)20(21)22/h2-9,13,18H,10-12H2,1H3. The molecule has 0 bridgehead atoms. The number of fused-ring (bicyclic) bond motifs is 1. The molecule has 1 unspecified atom stereocenters. The number of nitro benzene ring substituents is 1. The molecule has 0 saturated carbocycles. The van der Waals surface area contributed by atoms with Crippen LogP contribution in [0.25, 0.3) is 0 Å². The van der Waals surface area contributed by atoms with Crippen LogP contribution in [-0.2, 0) is 13.1 Å². The van der Waals surface area contributed by atoms with E-state index in [4.69, 9.17) is 0 Å². The third-order valence-electron chi connectivity index (χ3n) is 3.96. The maximum absolute atomic E-state index is 10.9. The summed E-state index contributed by atoms with van der Waals surface area (Å²) in [6.45, 7) is 4.56. The van der Waals surface area contributed by atoms with Crippen molar-refractivity contribution in [3.8, 4) is 0 Å². The van der Waals surface area contributed by atoms with Crippen LogP contribution in [0.15, 0.2) is 48.5 Å². The Morgan fingerprint density at radius 1 is 1.27 bits per heavy atom. The number of nitro groups is 1. The number of nitrogens with one attached hydrogen (secondary N) is 1. The minimum absolute atomic E-state index is 0.145. The lowest BCUT2D eigenvalue weighted by Crippen LogP contribution is -2.35. The van der Waals surface area contributed by atoms with Gasteiger partial charge < -0.3 is 10.2 Å². The molecule has 22 heavy (non-hydrogen) atoms. The highest BCUT2D eigenvalue weighted by Gasteiger charge is 2.19. The van der Waals surface area contributed by atoms with E-state index in [1.807, 2.05) is 18.2 Å². The molecule has 0 radical (unpaired) electrons. The Morgan fingerprint density at radius 2 is 2.09 bits per heavy atom. The van der Waals surface area contributed by atoms with Crippen molar-refractivity contribution < 1.29 is 4.92 Å². The number of nitrogens with zero attached hydrogens (tertiary/aromatic N) is 2. The molecule has 0 amide bonds. The van der Waals surface area contributed by atoms with E-state index in [9.17, 15) is 10.1 Å². The molecule has 0 saturated heterocycles. The maximum atomic E-state index is 10.9. The number of anilines is 1. The average Bonchev–Trinajstić information content (AvgIpc) is 2.67. The number of non-ortho nitro benzene ring substituents is 1. The summed E-state index contributed by atoms with van der Waals surface area (Å²) in [6.07, 6.45) is 0. The Kier molecular flexibility index (Phi) is 4.06. The first-order valence-electron chi connectivity index (χ1n) is 7.43. The molecule has 1 N–H and O–H groups in total. The van der Waals surface area contributed by atoms with Crippen molar-refractivity contribution in [3.05, 3.63) is 69.8 Å². The molecule has 0 aliphatic carbocycles. The quantitative estimate of drug-likeness (QED) is 0.698. The third-order valence-corrected chi connectivity index (χ3v) is 3.96. The van der Waals surface area contributed by atoms with E-state index in [2.05, 4.69) is 29.3 Å². The fourth-order valence-electron chi connectivity index (χ4n) is 2.88. The second-order valence-corrected chi connectivity index (χ2v) is 5.72. The molecular weight excluding hydrogens is 278 g/mol. The lowest BCUT2D eigenvalue weighted by atomic mass is 10.1. The van der Waals surface area contributed by atoms with Crippen LogP contribution in [0.1, 0.15) is 18.1 Å². The van der Waals surface area contributed by atoms with Gasteiger partial charge in [-0.25, -0.2) is 0 Å². The van der Waals surface area contributed by atoms with E-state index >= 15 is 0 Å². The molecule has 3 rings (SSSR count). The molecule has 0 spiro atoms. The van der Waals surface area contributed by atoms with Crippen LogP contribution < -0.4 is 10.2 Å². The van der Waals surface area contributed by atoms with Gasteiger partial charge in [0, 0.05) is 43.5 Å². The summed E-state index contributed by atoms with van der Waals surface area (Å²) < 4.78 is 0. The van der Waals surface area contributed by atoms with Crippen LogP contribution in [0.2, 0.25) is 0 Å². The van der Waals surface area contributed by atoms with E-state index < -0.39 is 0 Å². The van der Waals surface area contributed by atoms with Crippen LogP contribution in [-0.4, -0.2) is 17.5 Å². The number of hydrogen-bond acceptors (Lipinski definition) is 4. The van der Waals surface area contributed by atoms with Gasteiger partial charge in [0.2, 0.25) is 0 Å². The SMILES string of the molecule is CC1CN(Cc2cccc([N+](=O)[O-])c2)c2ccccc2CN1. The van der Waals surface area contributed by atoms with Crippen LogP contribution in [0, 0.1) is 10.1 Å². The Bertz CT molecular complexity index is 687. The van der Waals surface area contributed by atoms with Crippen LogP contribution in [0.5, 0.6) is 0 Å². The molecule has 1 heterocycles. The largest absolute Gasteiger partial charge is 0.365 e. The van der Waals surface area contributed by atoms with E-state index in [1.165, 1.54) is 17.3 Å². The summed E-state index contributed by atoms with van der Waals surface area (Å²) >= 11 is 0. The van der Waals surface area contributed by atoms with E-state index in [-0.39, 0.29) is 10.6 Å². The van der Waals surface area contributed by atoms with Gasteiger partial charge in [-0.2, -0.15) is 0 Å². The predicted octanol–water partition coefficient (Wildman–Crippen LogP) is 3.09. The molecule has 2 aromatic rings. The topological polar surface area (TPSA) is 58.4 Å². The van der Waals surface area contributed by atoms with Gasteiger partial charge in [0.1, 0.15) is 0 Å². The number of benzene rings is 2. The smallest absolute Gasteiger partial charge is 0.269 e. The zero-order chi connectivity index (χ0) is 15.5. The summed E-state index contributed by atoms with van der Waals surface area (Å²) in [5, 5.41) is 14.4. The molecular formula is C17H19N3O2. The Balaban J connectivity index is 1.90. The van der Waals surface area contributed by atoms with Gasteiger partial charge in [-0.3, -0.25) is 10.1 Å². The molecule has 0 fully saturated rings. The van der Waals surface area contributed by atoms with Crippen molar-refractivity contribution in [1.29, 1.82) is 0 Å². The van der Waals surface area contributed by atoms with Gasteiger partial charge >= 0.3 is 0 Å². The van der Waals surface area contributed by atoms with E-state index in [1.54, 1.807) is 12.1 Å². The predicted molar refractivity (Wildman–Crippen MR) is 86.9 cm³/mol. The van der Waals surface area contributed by atoms with Crippen LogP contribution in [0.4, 0.5) is 11.4 Å². The first kappa shape index (κ1) is 14.5. The monoisotopic (exact) mass is 297 g/mol. The first-order chi connectivity index (χ1) is 10.6. The molecule has 1 atom stereocenters. The van der Waals surface area contributed by atoms with Gasteiger partial charge in [0.05, 0.1) is 4.92 Å². The van der Waals surface area contributed by atoms with Crippen LogP contribution in [0.3, 0.4) is 0 Å².